The zero-order valence-electron chi connectivity index (χ0n) is 12.8. The van der Waals surface area contributed by atoms with Crippen LogP contribution in [-0.4, -0.2) is 55.1 Å². The summed E-state index contributed by atoms with van der Waals surface area (Å²) in [4.78, 5) is 2.32. The predicted molar refractivity (Wildman–Crippen MR) is 81.4 cm³/mol. The maximum Gasteiger partial charge on any atom is 0.165 e. The molecule has 1 aliphatic heterocycles. The molecule has 1 aromatic rings. The average Bonchev–Trinajstić information content (AvgIpc) is 2.96. The van der Waals surface area contributed by atoms with E-state index in [0.29, 0.717) is 25.6 Å². The van der Waals surface area contributed by atoms with Gasteiger partial charge in [0.05, 0.1) is 19.3 Å². The molecule has 122 valence electrons. The predicted octanol–water partition coefficient (Wildman–Crippen LogP) is 2.07. The first-order valence-electron chi connectivity index (χ1n) is 8.13. The number of morpholine rings is 1. The summed E-state index contributed by atoms with van der Waals surface area (Å²) in [5, 5.41) is 10.1. The maximum absolute atomic E-state index is 13.5. The third-order valence-corrected chi connectivity index (χ3v) is 4.78. The van der Waals surface area contributed by atoms with Crippen LogP contribution in [-0.2, 0) is 4.74 Å². The summed E-state index contributed by atoms with van der Waals surface area (Å²) < 4.78 is 24.7. The normalized spacial score (nSPS) is 29.6. The molecule has 0 amide bonds. The Bertz CT molecular complexity index is 485. The molecule has 1 saturated heterocycles. The molecule has 1 saturated carbocycles. The number of aliphatic hydroxyl groups excluding tert-OH is 1. The molecule has 1 aliphatic carbocycles. The Morgan fingerprint density at radius 3 is 2.95 bits per heavy atom. The van der Waals surface area contributed by atoms with Crippen LogP contribution < -0.4 is 4.74 Å². The van der Waals surface area contributed by atoms with Gasteiger partial charge in [-0.3, -0.25) is 4.90 Å². The second-order valence-corrected chi connectivity index (χ2v) is 6.12. The van der Waals surface area contributed by atoms with Gasteiger partial charge in [-0.2, -0.15) is 0 Å². The molecular weight excluding hydrogens is 285 g/mol. The number of aliphatic hydroxyl groups is 1. The lowest BCUT2D eigenvalue weighted by Crippen LogP contribution is -2.52. The molecule has 3 atom stereocenters. The molecule has 0 radical (unpaired) electrons. The zero-order valence-corrected chi connectivity index (χ0v) is 12.8. The third kappa shape index (κ3) is 3.59. The highest BCUT2D eigenvalue weighted by Crippen LogP contribution is 2.32. The Kier molecular flexibility index (Phi) is 5.28. The van der Waals surface area contributed by atoms with Gasteiger partial charge in [-0.1, -0.05) is 18.6 Å². The number of halogens is 1. The molecule has 3 rings (SSSR count). The topological polar surface area (TPSA) is 41.9 Å². The molecule has 22 heavy (non-hydrogen) atoms. The third-order valence-electron chi connectivity index (χ3n) is 4.78. The van der Waals surface area contributed by atoms with Crippen molar-refractivity contribution in [3.8, 4) is 5.75 Å². The van der Waals surface area contributed by atoms with Crippen molar-refractivity contribution in [1.29, 1.82) is 0 Å². The smallest absolute Gasteiger partial charge is 0.165 e. The van der Waals surface area contributed by atoms with Crippen LogP contribution in [0.3, 0.4) is 0 Å². The second kappa shape index (κ2) is 7.40. The first-order chi connectivity index (χ1) is 10.8. The van der Waals surface area contributed by atoms with E-state index in [-0.39, 0.29) is 23.9 Å². The van der Waals surface area contributed by atoms with E-state index >= 15 is 0 Å². The molecule has 4 nitrogen and oxygen atoms in total. The van der Waals surface area contributed by atoms with Crippen molar-refractivity contribution in [3.05, 3.63) is 30.1 Å². The van der Waals surface area contributed by atoms with Crippen molar-refractivity contribution in [2.75, 3.05) is 32.9 Å². The second-order valence-electron chi connectivity index (χ2n) is 6.12. The van der Waals surface area contributed by atoms with Gasteiger partial charge in [0.15, 0.2) is 11.6 Å². The van der Waals surface area contributed by atoms with Crippen LogP contribution in [0, 0.1) is 11.7 Å². The number of hydrogen-bond acceptors (Lipinski definition) is 4. The molecular formula is C17H24FNO3. The van der Waals surface area contributed by atoms with Crippen LogP contribution in [0.5, 0.6) is 5.75 Å². The lowest BCUT2D eigenvalue weighted by molar-refractivity contribution is -0.0533. The van der Waals surface area contributed by atoms with Gasteiger partial charge in [0.25, 0.3) is 0 Å². The zero-order chi connectivity index (χ0) is 15.4. The van der Waals surface area contributed by atoms with E-state index in [1.54, 1.807) is 18.2 Å². The van der Waals surface area contributed by atoms with Crippen molar-refractivity contribution in [2.24, 2.45) is 5.92 Å². The van der Waals surface area contributed by atoms with Crippen molar-refractivity contribution >= 4 is 0 Å². The van der Waals surface area contributed by atoms with Crippen molar-refractivity contribution < 1.29 is 19.0 Å². The monoisotopic (exact) mass is 309 g/mol. The molecule has 0 bridgehead atoms. The summed E-state index contributed by atoms with van der Waals surface area (Å²) >= 11 is 0. The Morgan fingerprint density at radius 1 is 1.32 bits per heavy atom. The number of nitrogens with zero attached hydrogens (tertiary/aromatic N) is 1. The van der Waals surface area contributed by atoms with Crippen LogP contribution in [0.25, 0.3) is 0 Å². The number of benzene rings is 1. The van der Waals surface area contributed by atoms with Crippen molar-refractivity contribution in [2.45, 2.75) is 31.4 Å². The minimum Gasteiger partial charge on any atom is -0.489 e. The van der Waals surface area contributed by atoms with Crippen LogP contribution in [0.15, 0.2) is 24.3 Å². The summed E-state index contributed by atoms with van der Waals surface area (Å²) in [6, 6.07) is 6.72. The lowest BCUT2D eigenvalue weighted by atomic mass is 9.94. The number of hydrogen-bond donors (Lipinski definition) is 1. The fourth-order valence-electron chi connectivity index (χ4n) is 3.58. The minimum atomic E-state index is -0.327. The van der Waals surface area contributed by atoms with Crippen molar-refractivity contribution in [3.63, 3.8) is 0 Å². The lowest BCUT2D eigenvalue weighted by Gasteiger charge is -2.40. The molecule has 0 spiro atoms. The maximum atomic E-state index is 13.5. The fourth-order valence-corrected chi connectivity index (χ4v) is 3.58. The highest BCUT2D eigenvalue weighted by Gasteiger charge is 2.37. The van der Waals surface area contributed by atoms with E-state index < -0.39 is 0 Å². The summed E-state index contributed by atoms with van der Waals surface area (Å²) in [6.45, 7) is 3.39. The van der Waals surface area contributed by atoms with Crippen molar-refractivity contribution in [1.82, 2.24) is 4.90 Å². The van der Waals surface area contributed by atoms with Gasteiger partial charge in [0, 0.05) is 25.0 Å². The first kappa shape index (κ1) is 15.7. The number of ether oxygens (including phenoxy) is 2. The largest absolute Gasteiger partial charge is 0.489 e. The van der Waals surface area contributed by atoms with Crippen LogP contribution in [0.4, 0.5) is 4.39 Å². The summed E-state index contributed by atoms with van der Waals surface area (Å²) in [5.74, 6) is 0.259. The first-order valence-corrected chi connectivity index (χ1v) is 8.13. The Balaban J connectivity index is 1.54. The van der Waals surface area contributed by atoms with Gasteiger partial charge in [0.1, 0.15) is 6.61 Å². The van der Waals surface area contributed by atoms with Crippen LogP contribution >= 0.6 is 0 Å². The minimum absolute atomic E-state index is 0.221. The summed E-state index contributed by atoms with van der Waals surface area (Å²) in [6.07, 6.45) is 2.81. The van der Waals surface area contributed by atoms with Gasteiger partial charge in [-0.05, 0) is 25.0 Å². The molecule has 2 aliphatic rings. The number of para-hydroxylation sites is 1. The van der Waals surface area contributed by atoms with E-state index in [4.69, 9.17) is 9.47 Å². The van der Waals surface area contributed by atoms with E-state index in [2.05, 4.69) is 4.90 Å². The van der Waals surface area contributed by atoms with E-state index in [9.17, 15) is 9.50 Å². The Morgan fingerprint density at radius 2 is 2.18 bits per heavy atom. The van der Waals surface area contributed by atoms with Crippen LogP contribution in [0.2, 0.25) is 0 Å². The number of rotatable bonds is 5. The van der Waals surface area contributed by atoms with Gasteiger partial charge in [0.2, 0.25) is 0 Å². The fraction of sp³-hybridized carbons (Fsp3) is 0.647. The molecule has 3 unspecified atom stereocenters. The molecule has 0 aromatic heterocycles. The summed E-state index contributed by atoms with van der Waals surface area (Å²) in [7, 11) is 0. The quantitative estimate of drug-likeness (QED) is 0.904. The van der Waals surface area contributed by atoms with E-state index in [0.717, 1.165) is 32.4 Å². The highest BCUT2D eigenvalue weighted by atomic mass is 19.1. The van der Waals surface area contributed by atoms with Gasteiger partial charge < -0.3 is 14.6 Å². The Hall–Kier alpha value is -1.17. The molecule has 1 aromatic carbocycles. The molecule has 1 heterocycles. The van der Waals surface area contributed by atoms with Crippen LogP contribution in [0.1, 0.15) is 19.3 Å². The van der Waals surface area contributed by atoms with E-state index in [1.807, 2.05) is 0 Å². The SMILES string of the molecule is OC1CCCC1C1COCCN1CCOc1ccccc1F. The standard InChI is InChI=1S/C17H24FNO3/c18-14-5-1-2-7-17(14)22-11-9-19-8-10-21-12-15(19)13-4-3-6-16(13)20/h1-2,5,7,13,15-16,20H,3-4,6,8-12H2. The van der Waals surface area contributed by atoms with E-state index in [1.165, 1.54) is 6.07 Å². The summed E-state index contributed by atoms with van der Waals surface area (Å²) in [5.41, 5.74) is 0. The molecule has 2 fully saturated rings. The molecule has 5 heteroatoms. The molecule has 1 N–H and O–H groups in total. The Labute approximate surface area is 130 Å². The van der Waals surface area contributed by atoms with Gasteiger partial charge in [-0.25, -0.2) is 4.39 Å². The highest BCUT2D eigenvalue weighted by molar-refractivity contribution is 5.23. The average molecular weight is 309 g/mol. The van der Waals surface area contributed by atoms with Gasteiger partial charge in [-0.15, -0.1) is 0 Å². The van der Waals surface area contributed by atoms with Gasteiger partial charge >= 0.3 is 0 Å².